The summed E-state index contributed by atoms with van der Waals surface area (Å²) in [5.41, 5.74) is 0.694. The van der Waals surface area contributed by atoms with Crippen LogP contribution in [0.25, 0.3) is 6.08 Å². The van der Waals surface area contributed by atoms with Gasteiger partial charge < -0.3 is 0 Å². The van der Waals surface area contributed by atoms with Crippen LogP contribution in [0, 0.1) is 23.3 Å². The van der Waals surface area contributed by atoms with Crippen LogP contribution in [0.2, 0.25) is 0 Å². The third-order valence-corrected chi connectivity index (χ3v) is 3.38. The molecule has 0 nitrogen and oxygen atoms in total. The first kappa shape index (κ1) is 14.8. The highest BCUT2D eigenvalue weighted by molar-refractivity contribution is 9.09. The molecule has 0 heterocycles. The fourth-order valence-corrected chi connectivity index (χ4v) is 2.13. The molecule has 0 saturated carbocycles. The van der Waals surface area contributed by atoms with E-state index in [1.165, 1.54) is 18.2 Å². The van der Waals surface area contributed by atoms with Crippen LogP contribution in [0.4, 0.5) is 17.6 Å². The van der Waals surface area contributed by atoms with Gasteiger partial charge in [0.15, 0.2) is 0 Å². The van der Waals surface area contributed by atoms with Crippen LogP contribution < -0.4 is 0 Å². The van der Waals surface area contributed by atoms with Gasteiger partial charge in [-0.3, -0.25) is 0 Å². The van der Waals surface area contributed by atoms with Crippen LogP contribution in [0.1, 0.15) is 16.0 Å². The Morgan fingerprint density at radius 1 is 0.750 bits per heavy atom. The van der Waals surface area contributed by atoms with E-state index in [1.54, 1.807) is 6.08 Å². The Balaban J connectivity index is 2.21. The summed E-state index contributed by atoms with van der Waals surface area (Å²) in [4.78, 5) is -0.473. The Hall–Kier alpha value is -1.62. The number of halogens is 5. The Labute approximate surface area is 121 Å². The van der Waals surface area contributed by atoms with E-state index in [9.17, 15) is 17.6 Å². The van der Waals surface area contributed by atoms with Crippen LogP contribution in [0.5, 0.6) is 0 Å². The second-order valence-corrected chi connectivity index (χ2v) is 5.15. The second-order valence-electron chi connectivity index (χ2n) is 4.17. The SMILES string of the molecule is Fc1cc(F)cc(/C=C/C(Br)c2cc(F)cc(F)c2)c1. The molecule has 1 atom stereocenters. The summed E-state index contributed by atoms with van der Waals surface area (Å²) in [7, 11) is 0. The van der Waals surface area contributed by atoms with Gasteiger partial charge in [0.2, 0.25) is 0 Å². The molecule has 0 spiro atoms. The zero-order valence-corrected chi connectivity index (χ0v) is 11.7. The quantitative estimate of drug-likeness (QED) is 0.517. The highest BCUT2D eigenvalue weighted by Crippen LogP contribution is 2.26. The van der Waals surface area contributed by atoms with Crippen molar-refractivity contribution in [2.75, 3.05) is 0 Å². The minimum atomic E-state index is -0.687. The van der Waals surface area contributed by atoms with Gasteiger partial charge in [0.25, 0.3) is 0 Å². The molecule has 104 valence electrons. The first-order valence-electron chi connectivity index (χ1n) is 5.68. The number of alkyl halides is 1. The van der Waals surface area contributed by atoms with Gasteiger partial charge in [-0.2, -0.15) is 0 Å². The molecule has 0 aliphatic heterocycles. The summed E-state index contributed by atoms with van der Waals surface area (Å²) in [6.07, 6.45) is 3.01. The Morgan fingerprint density at radius 3 is 1.70 bits per heavy atom. The van der Waals surface area contributed by atoms with Gasteiger partial charge in [0.05, 0.1) is 4.83 Å². The maximum absolute atomic E-state index is 13.1. The molecule has 0 aromatic heterocycles. The molecule has 2 aromatic carbocycles. The summed E-state index contributed by atoms with van der Waals surface area (Å²) >= 11 is 3.24. The lowest BCUT2D eigenvalue weighted by atomic mass is 10.1. The van der Waals surface area contributed by atoms with E-state index in [1.807, 2.05) is 0 Å². The summed E-state index contributed by atoms with van der Waals surface area (Å²) in [5.74, 6) is -2.75. The van der Waals surface area contributed by atoms with Gasteiger partial charge in [-0.05, 0) is 35.4 Å². The number of hydrogen-bond donors (Lipinski definition) is 0. The average molecular weight is 345 g/mol. The molecule has 1 unspecified atom stereocenters. The van der Waals surface area contributed by atoms with E-state index in [0.29, 0.717) is 11.1 Å². The van der Waals surface area contributed by atoms with E-state index in [4.69, 9.17) is 0 Å². The first-order valence-corrected chi connectivity index (χ1v) is 6.60. The smallest absolute Gasteiger partial charge is 0.126 e. The van der Waals surface area contributed by atoms with Crippen LogP contribution in [0.15, 0.2) is 42.5 Å². The molecule has 2 aromatic rings. The standard InChI is InChI=1S/C15H9BrF4/c16-15(10-5-13(19)8-14(20)6-10)2-1-9-3-11(17)7-12(18)4-9/h1-8,15H/b2-1+. The Bertz CT molecular complexity index is 612. The van der Waals surface area contributed by atoms with Crippen molar-refractivity contribution in [3.05, 3.63) is 76.9 Å². The van der Waals surface area contributed by atoms with Crippen molar-refractivity contribution in [2.24, 2.45) is 0 Å². The lowest BCUT2D eigenvalue weighted by molar-refractivity contribution is 0.580. The molecule has 20 heavy (non-hydrogen) atoms. The van der Waals surface area contributed by atoms with E-state index in [0.717, 1.165) is 24.3 Å². The molecule has 0 aliphatic carbocycles. The lowest BCUT2D eigenvalue weighted by Crippen LogP contribution is -1.90. The average Bonchev–Trinajstić information content (AvgIpc) is 2.33. The molecule has 0 N–H and O–H groups in total. The van der Waals surface area contributed by atoms with Gasteiger partial charge in [-0.1, -0.05) is 28.1 Å². The van der Waals surface area contributed by atoms with E-state index in [2.05, 4.69) is 15.9 Å². The van der Waals surface area contributed by atoms with Crippen molar-refractivity contribution < 1.29 is 17.6 Å². The summed E-state index contributed by atoms with van der Waals surface area (Å²) in [6.45, 7) is 0. The largest absolute Gasteiger partial charge is 0.207 e. The summed E-state index contributed by atoms with van der Waals surface area (Å²) in [6, 6.07) is 6.22. The van der Waals surface area contributed by atoms with Crippen molar-refractivity contribution >= 4 is 22.0 Å². The minimum Gasteiger partial charge on any atom is -0.207 e. The van der Waals surface area contributed by atoms with E-state index >= 15 is 0 Å². The predicted molar refractivity (Wildman–Crippen MR) is 73.4 cm³/mol. The number of rotatable bonds is 3. The Kier molecular flexibility index (Phi) is 4.60. The van der Waals surface area contributed by atoms with Crippen molar-refractivity contribution in [2.45, 2.75) is 4.83 Å². The number of allylic oxidation sites excluding steroid dienone is 1. The fraction of sp³-hybridized carbons (Fsp3) is 0.0667. The Morgan fingerprint density at radius 2 is 1.20 bits per heavy atom. The minimum absolute atomic E-state index is 0.323. The van der Waals surface area contributed by atoms with Gasteiger partial charge in [0.1, 0.15) is 23.3 Å². The van der Waals surface area contributed by atoms with Crippen LogP contribution >= 0.6 is 15.9 Å². The van der Waals surface area contributed by atoms with Gasteiger partial charge in [0, 0.05) is 12.1 Å². The molecule has 0 amide bonds. The molecule has 5 heteroatoms. The fourth-order valence-electron chi connectivity index (χ4n) is 1.71. The normalized spacial score (nSPS) is 12.8. The van der Waals surface area contributed by atoms with Gasteiger partial charge in [-0.15, -0.1) is 0 Å². The van der Waals surface area contributed by atoms with Crippen LogP contribution in [-0.2, 0) is 0 Å². The monoisotopic (exact) mass is 344 g/mol. The van der Waals surface area contributed by atoms with E-state index in [-0.39, 0.29) is 0 Å². The number of benzene rings is 2. The molecule has 0 bridgehead atoms. The summed E-state index contributed by atoms with van der Waals surface area (Å²) in [5, 5.41) is 0. The number of hydrogen-bond acceptors (Lipinski definition) is 0. The maximum Gasteiger partial charge on any atom is 0.126 e. The molecule has 0 fully saturated rings. The molecule has 0 saturated heterocycles. The highest BCUT2D eigenvalue weighted by Gasteiger charge is 2.07. The van der Waals surface area contributed by atoms with Crippen molar-refractivity contribution in [1.82, 2.24) is 0 Å². The lowest BCUT2D eigenvalue weighted by Gasteiger charge is -2.05. The molecular formula is C15H9BrF4. The van der Waals surface area contributed by atoms with Gasteiger partial charge >= 0.3 is 0 Å². The third-order valence-electron chi connectivity index (χ3n) is 2.55. The zero-order valence-electron chi connectivity index (χ0n) is 10.1. The maximum atomic E-state index is 13.1. The van der Waals surface area contributed by atoms with Crippen LogP contribution in [0.3, 0.4) is 0 Å². The second kappa shape index (κ2) is 6.22. The van der Waals surface area contributed by atoms with E-state index < -0.39 is 28.1 Å². The first-order chi connectivity index (χ1) is 9.44. The zero-order chi connectivity index (χ0) is 14.7. The van der Waals surface area contributed by atoms with Crippen molar-refractivity contribution in [1.29, 1.82) is 0 Å². The molecule has 0 radical (unpaired) electrons. The summed E-state index contributed by atoms with van der Waals surface area (Å²) < 4.78 is 52.1. The topological polar surface area (TPSA) is 0 Å². The molecule has 2 rings (SSSR count). The predicted octanol–water partition coefficient (Wildman–Crippen LogP) is 5.39. The highest BCUT2D eigenvalue weighted by atomic mass is 79.9. The van der Waals surface area contributed by atoms with Crippen LogP contribution in [-0.4, -0.2) is 0 Å². The van der Waals surface area contributed by atoms with Crippen molar-refractivity contribution in [3.63, 3.8) is 0 Å². The third kappa shape index (κ3) is 3.93. The van der Waals surface area contributed by atoms with Gasteiger partial charge in [-0.25, -0.2) is 17.6 Å². The molecule has 0 aliphatic rings. The molecular weight excluding hydrogens is 336 g/mol. The van der Waals surface area contributed by atoms with Crippen molar-refractivity contribution in [3.8, 4) is 0 Å².